The fourth-order valence-electron chi connectivity index (χ4n) is 3.87. The van der Waals surface area contributed by atoms with Gasteiger partial charge in [0.1, 0.15) is 11.5 Å². The van der Waals surface area contributed by atoms with Crippen molar-refractivity contribution in [3.63, 3.8) is 0 Å². The molecule has 0 saturated carbocycles. The summed E-state index contributed by atoms with van der Waals surface area (Å²) in [6, 6.07) is 16.4. The summed E-state index contributed by atoms with van der Waals surface area (Å²) >= 11 is 6.01. The third-order valence-corrected chi connectivity index (χ3v) is 5.92. The van der Waals surface area contributed by atoms with Crippen molar-refractivity contribution in [1.29, 1.82) is 0 Å². The van der Waals surface area contributed by atoms with Gasteiger partial charge in [-0.15, -0.1) is 0 Å². The normalized spacial score (nSPS) is 13.3. The van der Waals surface area contributed by atoms with Crippen molar-refractivity contribution in [2.45, 2.75) is 12.3 Å². The molecule has 9 heteroatoms. The summed E-state index contributed by atoms with van der Waals surface area (Å²) in [6.07, 6.45) is -0.268. The molecule has 1 unspecified atom stereocenters. The minimum Gasteiger partial charge on any atom is -0.497 e. The van der Waals surface area contributed by atoms with Crippen molar-refractivity contribution < 1.29 is 33.7 Å². The standard InChI is InChI=1S/C26H22ClNO7/c1-32-18-8-9-19(23(12-18)33-2)26(30)21(29)13-20(16-5-10-22-24(11-16)35-14-34-22)25(28-31)15-3-6-17(27)7-4-15/h3-12,20,31H,13-14H2,1-2H3/b28-25+. The average Bonchev–Trinajstić information content (AvgIpc) is 3.36. The molecule has 0 aromatic heterocycles. The molecule has 0 spiro atoms. The van der Waals surface area contributed by atoms with E-state index in [2.05, 4.69) is 5.16 Å². The predicted molar refractivity (Wildman–Crippen MR) is 129 cm³/mol. The number of oxime groups is 1. The molecule has 1 aliphatic heterocycles. The molecule has 1 N–H and O–H groups in total. The number of fused-ring (bicyclic) bond motifs is 1. The molecule has 0 aliphatic carbocycles. The van der Waals surface area contributed by atoms with Crippen LogP contribution in [0.1, 0.15) is 33.8 Å². The topological polar surface area (TPSA) is 104 Å². The van der Waals surface area contributed by atoms with Crippen molar-refractivity contribution in [2.24, 2.45) is 5.16 Å². The van der Waals surface area contributed by atoms with Gasteiger partial charge in [0, 0.05) is 29.0 Å². The number of carbonyl (C=O) groups excluding carboxylic acids is 2. The van der Waals surface area contributed by atoms with Crippen molar-refractivity contribution >= 4 is 28.9 Å². The first-order valence-electron chi connectivity index (χ1n) is 10.6. The maximum absolute atomic E-state index is 13.2. The van der Waals surface area contributed by atoms with Crippen LogP contribution in [-0.2, 0) is 4.79 Å². The molecule has 1 atom stereocenters. The molecule has 0 amide bonds. The van der Waals surface area contributed by atoms with Gasteiger partial charge in [-0.25, -0.2) is 0 Å². The molecule has 180 valence electrons. The molecule has 0 bridgehead atoms. The lowest BCUT2D eigenvalue weighted by Gasteiger charge is -2.19. The van der Waals surface area contributed by atoms with Gasteiger partial charge in [0.2, 0.25) is 18.4 Å². The Labute approximate surface area is 206 Å². The summed E-state index contributed by atoms with van der Waals surface area (Å²) in [5.74, 6) is -0.424. The Kier molecular flexibility index (Phi) is 7.22. The van der Waals surface area contributed by atoms with Crippen LogP contribution in [0, 0.1) is 0 Å². The Morgan fingerprint density at radius 1 is 1.00 bits per heavy atom. The Morgan fingerprint density at radius 2 is 1.74 bits per heavy atom. The average molecular weight is 496 g/mol. The molecule has 0 fully saturated rings. The van der Waals surface area contributed by atoms with Crippen LogP contribution in [0.15, 0.2) is 65.8 Å². The first kappa shape index (κ1) is 24.1. The van der Waals surface area contributed by atoms with Crippen LogP contribution in [0.4, 0.5) is 0 Å². The zero-order chi connectivity index (χ0) is 24.9. The van der Waals surface area contributed by atoms with Crippen LogP contribution in [0.5, 0.6) is 23.0 Å². The van der Waals surface area contributed by atoms with Crippen LogP contribution in [0.3, 0.4) is 0 Å². The number of benzene rings is 3. The van der Waals surface area contributed by atoms with Crippen LogP contribution < -0.4 is 18.9 Å². The van der Waals surface area contributed by atoms with E-state index in [-0.39, 0.29) is 30.2 Å². The van der Waals surface area contributed by atoms with E-state index in [0.717, 1.165) is 0 Å². The maximum atomic E-state index is 13.2. The number of carbonyl (C=O) groups is 2. The zero-order valence-electron chi connectivity index (χ0n) is 19.0. The highest BCUT2D eigenvalue weighted by Gasteiger charge is 2.30. The van der Waals surface area contributed by atoms with Gasteiger partial charge in [-0.2, -0.15) is 0 Å². The van der Waals surface area contributed by atoms with Gasteiger partial charge in [0.05, 0.1) is 25.5 Å². The second-order valence-corrected chi connectivity index (χ2v) is 8.12. The van der Waals surface area contributed by atoms with Gasteiger partial charge in [0.15, 0.2) is 11.5 Å². The smallest absolute Gasteiger partial charge is 0.232 e. The van der Waals surface area contributed by atoms with Gasteiger partial charge in [-0.05, 0) is 42.0 Å². The second-order valence-electron chi connectivity index (χ2n) is 7.68. The van der Waals surface area contributed by atoms with Gasteiger partial charge >= 0.3 is 0 Å². The molecule has 1 heterocycles. The van der Waals surface area contributed by atoms with E-state index in [0.29, 0.717) is 33.4 Å². The van der Waals surface area contributed by atoms with Gasteiger partial charge in [-0.3, -0.25) is 9.59 Å². The third kappa shape index (κ3) is 5.07. The first-order chi connectivity index (χ1) is 16.9. The van der Waals surface area contributed by atoms with Crippen LogP contribution >= 0.6 is 11.6 Å². The Balaban J connectivity index is 1.70. The predicted octanol–water partition coefficient (Wildman–Crippen LogP) is 4.89. The van der Waals surface area contributed by atoms with E-state index < -0.39 is 17.5 Å². The van der Waals surface area contributed by atoms with E-state index in [1.807, 2.05) is 0 Å². The second kappa shape index (κ2) is 10.5. The molecule has 4 rings (SSSR count). The van der Waals surface area contributed by atoms with Crippen LogP contribution in [0.2, 0.25) is 5.02 Å². The Morgan fingerprint density at radius 3 is 2.43 bits per heavy atom. The highest BCUT2D eigenvalue weighted by molar-refractivity contribution is 6.44. The van der Waals surface area contributed by atoms with Crippen molar-refractivity contribution in [2.75, 3.05) is 21.0 Å². The highest BCUT2D eigenvalue weighted by atomic mass is 35.5. The Bertz CT molecular complexity index is 1290. The number of ketones is 2. The molecule has 3 aromatic carbocycles. The minimum absolute atomic E-state index is 0.0796. The maximum Gasteiger partial charge on any atom is 0.232 e. The lowest BCUT2D eigenvalue weighted by atomic mass is 9.84. The number of Topliss-reactive ketones (excluding diaryl/α,β-unsaturated/α-hetero) is 2. The third-order valence-electron chi connectivity index (χ3n) is 5.67. The summed E-state index contributed by atoms with van der Waals surface area (Å²) in [5.41, 5.74) is 1.46. The minimum atomic E-state index is -0.767. The van der Waals surface area contributed by atoms with Crippen molar-refractivity contribution in [3.8, 4) is 23.0 Å². The number of methoxy groups -OCH3 is 2. The molecule has 3 aromatic rings. The Hall–Kier alpha value is -4.04. The lowest BCUT2D eigenvalue weighted by Crippen LogP contribution is -2.23. The monoisotopic (exact) mass is 495 g/mol. The number of rotatable bonds is 9. The summed E-state index contributed by atoms with van der Waals surface area (Å²) in [6.45, 7) is 0.0796. The van der Waals surface area contributed by atoms with Crippen molar-refractivity contribution in [3.05, 3.63) is 82.4 Å². The van der Waals surface area contributed by atoms with Gasteiger partial charge < -0.3 is 24.2 Å². The van der Waals surface area contributed by atoms with E-state index >= 15 is 0 Å². The number of hydrogen-bond acceptors (Lipinski definition) is 8. The lowest BCUT2D eigenvalue weighted by molar-refractivity contribution is -0.115. The molecule has 0 radical (unpaired) electrons. The largest absolute Gasteiger partial charge is 0.497 e. The van der Waals surface area contributed by atoms with Crippen molar-refractivity contribution in [1.82, 2.24) is 0 Å². The SMILES string of the molecule is COc1ccc(C(=O)C(=O)CC(/C(=N/O)c2ccc(Cl)cc2)c2ccc3c(c2)OCO3)c(OC)c1. The van der Waals surface area contributed by atoms with Gasteiger partial charge in [0.25, 0.3) is 0 Å². The fraction of sp³-hybridized carbons (Fsp3) is 0.192. The molecule has 0 saturated heterocycles. The number of nitrogens with zero attached hydrogens (tertiary/aromatic N) is 1. The number of hydrogen-bond donors (Lipinski definition) is 1. The van der Waals surface area contributed by atoms with Crippen LogP contribution in [0.25, 0.3) is 0 Å². The van der Waals surface area contributed by atoms with E-state index in [4.69, 9.17) is 30.5 Å². The molecule has 35 heavy (non-hydrogen) atoms. The summed E-state index contributed by atoms with van der Waals surface area (Å²) in [4.78, 5) is 26.4. The van der Waals surface area contributed by atoms with E-state index in [1.165, 1.54) is 26.4 Å². The molecule has 1 aliphatic rings. The molecular weight excluding hydrogens is 474 g/mol. The summed E-state index contributed by atoms with van der Waals surface area (Å²) in [5, 5.41) is 14.0. The number of halogens is 1. The molecule has 8 nitrogen and oxygen atoms in total. The van der Waals surface area contributed by atoms with E-state index in [1.54, 1.807) is 48.5 Å². The number of ether oxygens (including phenoxy) is 4. The first-order valence-corrected chi connectivity index (χ1v) is 11.0. The summed E-state index contributed by atoms with van der Waals surface area (Å²) < 4.78 is 21.3. The molecular formula is C26H22ClNO7. The van der Waals surface area contributed by atoms with E-state index in [9.17, 15) is 14.8 Å². The van der Waals surface area contributed by atoms with Gasteiger partial charge in [-0.1, -0.05) is 35.0 Å². The fourth-order valence-corrected chi connectivity index (χ4v) is 3.99. The van der Waals surface area contributed by atoms with Crippen LogP contribution in [-0.4, -0.2) is 43.5 Å². The zero-order valence-corrected chi connectivity index (χ0v) is 19.7. The summed E-state index contributed by atoms with van der Waals surface area (Å²) in [7, 11) is 2.90. The quantitative estimate of drug-likeness (QED) is 0.148. The highest BCUT2D eigenvalue weighted by Crippen LogP contribution is 2.37.